The summed E-state index contributed by atoms with van der Waals surface area (Å²) in [4.78, 5) is 6.96. The van der Waals surface area contributed by atoms with Crippen molar-refractivity contribution < 1.29 is 17.5 Å². The van der Waals surface area contributed by atoms with Crippen LogP contribution in [0.2, 0.25) is 0 Å². The molecule has 1 N–H and O–H groups in total. The summed E-state index contributed by atoms with van der Waals surface area (Å²) >= 11 is 1.13. The van der Waals surface area contributed by atoms with Crippen LogP contribution < -0.4 is 10.1 Å². The second-order valence-electron chi connectivity index (χ2n) is 9.95. The number of nitrogens with one attached hydrogen (secondary N) is 1. The molecule has 1 fully saturated rings. The van der Waals surface area contributed by atoms with Crippen molar-refractivity contribution >= 4 is 27.0 Å². The van der Waals surface area contributed by atoms with Crippen molar-refractivity contribution in [3.05, 3.63) is 77.4 Å². The molecule has 1 aliphatic heterocycles. The number of halogens is 1. The first-order chi connectivity index (χ1) is 18.0. The third-order valence-electron chi connectivity index (χ3n) is 6.50. The van der Waals surface area contributed by atoms with Gasteiger partial charge in [0.15, 0.2) is 0 Å². The van der Waals surface area contributed by atoms with Gasteiger partial charge >= 0.3 is 5.66 Å². The van der Waals surface area contributed by atoms with E-state index in [0.29, 0.717) is 42.1 Å². The molecular weight excluding hydrogens is 523 g/mol. The molecule has 2 heterocycles. The average molecular weight is 557 g/mol. The molecule has 4 rings (SSSR count). The number of thiophene rings is 1. The molecule has 0 unspecified atom stereocenters. The fourth-order valence-electron chi connectivity index (χ4n) is 4.46. The monoisotopic (exact) mass is 556 g/mol. The molecule has 0 aliphatic carbocycles. The summed E-state index contributed by atoms with van der Waals surface area (Å²) in [5.41, 5.74) is 1.44. The Labute approximate surface area is 228 Å². The summed E-state index contributed by atoms with van der Waals surface area (Å²) in [5.74, 6) is 0.426. The van der Waals surface area contributed by atoms with E-state index in [9.17, 15) is 12.8 Å². The van der Waals surface area contributed by atoms with E-state index in [1.807, 2.05) is 26.0 Å². The highest BCUT2D eigenvalue weighted by Crippen LogP contribution is 2.39. The highest BCUT2D eigenvalue weighted by molar-refractivity contribution is 7.91. The summed E-state index contributed by atoms with van der Waals surface area (Å²) in [7, 11) is -0.599. The van der Waals surface area contributed by atoms with Gasteiger partial charge in [-0.1, -0.05) is 12.1 Å². The van der Waals surface area contributed by atoms with Crippen molar-refractivity contribution in [2.24, 2.45) is 0 Å². The number of nitrogens with zero attached hydrogens (tertiary/aromatic N) is 3. The molecular formula is C28H33FN4O3S2. The Morgan fingerprint density at radius 1 is 1.16 bits per heavy atom. The topological polar surface area (TPSA) is 66.2 Å². The second kappa shape index (κ2) is 11.4. The third-order valence-corrected chi connectivity index (χ3v) is 9.91. The molecule has 0 atom stereocenters. The van der Waals surface area contributed by atoms with Crippen molar-refractivity contribution in [3.8, 4) is 16.2 Å². The zero-order valence-corrected chi connectivity index (χ0v) is 23.7. The van der Waals surface area contributed by atoms with E-state index in [2.05, 4.69) is 27.2 Å². The summed E-state index contributed by atoms with van der Waals surface area (Å²) in [6.45, 7) is 14.2. The van der Waals surface area contributed by atoms with Crippen LogP contribution in [0.4, 0.5) is 10.1 Å². The molecule has 38 heavy (non-hydrogen) atoms. The van der Waals surface area contributed by atoms with Crippen LogP contribution in [-0.2, 0) is 16.6 Å². The molecule has 0 saturated carbocycles. The number of anilines is 1. The van der Waals surface area contributed by atoms with E-state index in [4.69, 9.17) is 11.3 Å². The van der Waals surface area contributed by atoms with Crippen molar-refractivity contribution in [2.45, 2.75) is 49.2 Å². The molecule has 0 amide bonds. The number of hydrogen-bond donors (Lipinski definition) is 1. The number of benzene rings is 2. The second-order valence-corrected chi connectivity index (χ2v) is 13.4. The van der Waals surface area contributed by atoms with Crippen LogP contribution in [0.15, 0.2) is 58.8 Å². The Bertz CT molecular complexity index is 1420. The molecule has 1 aliphatic rings. The molecule has 0 radical (unpaired) electrons. The first kappa shape index (κ1) is 28.0. The number of rotatable bonds is 9. The number of sulfonamides is 1. The first-order valence-electron chi connectivity index (χ1n) is 12.5. The fraction of sp³-hybridized carbons (Fsp3) is 0.393. The SMILES string of the molecule is [C-]#[N+]C1(Nc2cc(F)ccc2-c2ccc(S(=O)(=O)N(C)C)s2)CCN(Cc2cccc(OC(C)C)c2)CC1. The van der Waals surface area contributed by atoms with Crippen LogP contribution in [-0.4, -0.2) is 56.6 Å². The maximum absolute atomic E-state index is 14.3. The molecule has 202 valence electrons. The van der Waals surface area contributed by atoms with Crippen LogP contribution in [0.5, 0.6) is 5.75 Å². The van der Waals surface area contributed by atoms with Crippen LogP contribution in [0.25, 0.3) is 15.3 Å². The van der Waals surface area contributed by atoms with E-state index in [1.54, 1.807) is 18.2 Å². The average Bonchev–Trinajstić information content (AvgIpc) is 3.36. The zero-order valence-electron chi connectivity index (χ0n) is 22.1. The third kappa shape index (κ3) is 6.35. The van der Waals surface area contributed by atoms with Gasteiger partial charge < -0.3 is 10.1 Å². The molecule has 1 saturated heterocycles. The summed E-state index contributed by atoms with van der Waals surface area (Å²) < 4.78 is 46.7. The Morgan fingerprint density at radius 2 is 1.89 bits per heavy atom. The fourth-order valence-corrected chi connectivity index (χ4v) is 6.98. The summed E-state index contributed by atoms with van der Waals surface area (Å²) in [6.07, 6.45) is 1.25. The highest BCUT2D eigenvalue weighted by atomic mass is 32.2. The molecule has 7 nitrogen and oxygen atoms in total. The standard InChI is InChI=1S/C28H33FN4O3S2/c1-20(2)36-23-8-6-7-21(17-23)19-33-15-13-28(30-3,14-16-33)31-25-18-22(29)9-10-24(25)26-11-12-27(37-26)38(34,35)32(4)5/h6-12,17-18,20,31H,13-16,19H2,1-2,4-5H3. The van der Waals surface area contributed by atoms with Gasteiger partial charge in [-0.15, -0.1) is 11.3 Å². The van der Waals surface area contributed by atoms with Gasteiger partial charge in [0.25, 0.3) is 10.0 Å². The number of hydrogen-bond acceptors (Lipinski definition) is 6. The molecule has 1 aromatic heterocycles. The highest BCUT2D eigenvalue weighted by Gasteiger charge is 2.41. The lowest BCUT2D eigenvalue weighted by molar-refractivity contribution is 0.185. The van der Waals surface area contributed by atoms with Gasteiger partial charge in [0, 0.05) is 44.2 Å². The lowest BCUT2D eigenvalue weighted by Gasteiger charge is -2.35. The Morgan fingerprint density at radius 3 is 2.55 bits per heavy atom. The molecule has 0 bridgehead atoms. The quantitative estimate of drug-likeness (QED) is 0.332. The summed E-state index contributed by atoms with van der Waals surface area (Å²) in [6, 6.07) is 15.7. The van der Waals surface area contributed by atoms with E-state index in [0.717, 1.165) is 29.2 Å². The summed E-state index contributed by atoms with van der Waals surface area (Å²) in [5, 5.41) is 3.34. The maximum atomic E-state index is 14.3. The molecule has 10 heteroatoms. The number of likely N-dealkylation sites (tertiary alicyclic amines) is 1. The van der Waals surface area contributed by atoms with E-state index >= 15 is 0 Å². The predicted octanol–water partition coefficient (Wildman–Crippen LogP) is 5.92. The van der Waals surface area contributed by atoms with Crippen LogP contribution in [0.3, 0.4) is 0 Å². The minimum atomic E-state index is -3.57. The Balaban J connectivity index is 1.50. The minimum absolute atomic E-state index is 0.108. The van der Waals surface area contributed by atoms with Crippen LogP contribution in [0.1, 0.15) is 32.3 Å². The van der Waals surface area contributed by atoms with Crippen LogP contribution in [0, 0.1) is 12.4 Å². The molecule has 2 aromatic carbocycles. The van der Waals surface area contributed by atoms with Crippen molar-refractivity contribution in [1.82, 2.24) is 9.21 Å². The molecule has 0 spiro atoms. The van der Waals surface area contributed by atoms with Gasteiger partial charge in [-0.05, 0) is 61.9 Å². The van der Waals surface area contributed by atoms with Gasteiger partial charge in [0.2, 0.25) is 0 Å². The van der Waals surface area contributed by atoms with E-state index < -0.39 is 21.5 Å². The Hall–Kier alpha value is -2.97. The Kier molecular flexibility index (Phi) is 8.43. The van der Waals surface area contributed by atoms with Gasteiger partial charge in [-0.2, -0.15) is 0 Å². The largest absolute Gasteiger partial charge is 0.491 e. The van der Waals surface area contributed by atoms with Crippen molar-refractivity contribution in [1.29, 1.82) is 0 Å². The van der Waals surface area contributed by atoms with E-state index in [-0.39, 0.29) is 10.3 Å². The van der Waals surface area contributed by atoms with Gasteiger partial charge in [-0.25, -0.2) is 23.7 Å². The molecule has 3 aromatic rings. The van der Waals surface area contributed by atoms with Gasteiger partial charge in [-0.3, -0.25) is 9.74 Å². The number of piperidine rings is 1. The minimum Gasteiger partial charge on any atom is -0.491 e. The lowest BCUT2D eigenvalue weighted by atomic mass is 9.95. The lowest BCUT2D eigenvalue weighted by Crippen LogP contribution is -2.46. The smallest absolute Gasteiger partial charge is 0.307 e. The van der Waals surface area contributed by atoms with Crippen molar-refractivity contribution in [2.75, 3.05) is 32.5 Å². The van der Waals surface area contributed by atoms with Crippen molar-refractivity contribution in [3.63, 3.8) is 0 Å². The number of ether oxygens (including phenoxy) is 1. The van der Waals surface area contributed by atoms with Crippen LogP contribution >= 0.6 is 11.3 Å². The normalized spacial score (nSPS) is 15.9. The first-order valence-corrected chi connectivity index (χ1v) is 14.7. The van der Waals surface area contributed by atoms with Gasteiger partial charge in [0.1, 0.15) is 15.8 Å². The predicted molar refractivity (Wildman–Crippen MR) is 150 cm³/mol. The van der Waals surface area contributed by atoms with Gasteiger partial charge in [0.05, 0.1) is 24.6 Å². The zero-order chi connectivity index (χ0) is 27.5. The van der Waals surface area contributed by atoms with E-state index in [1.165, 1.54) is 30.5 Å². The maximum Gasteiger partial charge on any atom is 0.307 e.